The van der Waals surface area contributed by atoms with E-state index in [1.807, 2.05) is 30.3 Å². The lowest BCUT2D eigenvalue weighted by atomic mass is 10.2. The third-order valence-electron chi connectivity index (χ3n) is 3.12. The summed E-state index contributed by atoms with van der Waals surface area (Å²) in [4.78, 5) is 11.7. The fourth-order valence-electron chi connectivity index (χ4n) is 1.94. The number of nitrogens with one attached hydrogen (secondary N) is 2. The quantitative estimate of drug-likeness (QED) is 0.572. The molecule has 0 spiro atoms. The van der Waals surface area contributed by atoms with Crippen LogP contribution in [0.15, 0.2) is 64.7 Å². The van der Waals surface area contributed by atoms with E-state index in [-0.39, 0.29) is 12.2 Å². The maximum absolute atomic E-state index is 12.6. The number of nitrogens with zero attached hydrogens (tertiary/aromatic N) is 1. The third kappa shape index (κ3) is 6.60. The van der Waals surface area contributed by atoms with Crippen molar-refractivity contribution in [3.63, 3.8) is 0 Å². The van der Waals surface area contributed by atoms with E-state index in [0.29, 0.717) is 5.03 Å². The zero-order valence-corrected chi connectivity index (χ0v) is 14.2. The van der Waals surface area contributed by atoms with Gasteiger partial charge in [-0.1, -0.05) is 48.0 Å². The zero-order valence-electron chi connectivity index (χ0n) is 13.4. The highest BCUT2D eigenvalue weighted by atomic mass is 35.5. The van der Waals surface area contributed by atoms with Crippen molar-refractivity contribution in [2.24, 2.45) is 5.10 Å². The summed E-state index contributed by atoms with van der Waals surface area (Å²) in [6.07, 6.45) is -1.51. The second kappa shape index (κ2) is 9.05. The summed E-state index contributed by atoms with van der Waals surface area (Å²) in [7, 11) is 0. The van der Waals surface area contributed by atoms with Crippen LogP contribution in [0.5, 0.6) is 0 Å². The largest absolute Gasteiger partial charge is 0.416 e. The summed E-state index contributed by atoms with van der Waals surface area (Å²) >= 11 is 5.97. The number of carbonyl (C=O) groups is 1. The first-order valence-electron chi connectivity index (χ1n) is 7.50. The van der Waals surface area contributed by atoms with Gasteiger partial charge in [0.15, 0.2) is 0 Å². The van der Waals surface area contributed by atoms with E-state index < -0.39 is 17.6 Å². The highest BCUT2D eigenvalue weighted by molar-refractivity contribution is 6.41. The van der Waals surface area contributed by atoms with Crippen LogP contribution < -0.4 is 10.7 Å². The van der Waals surface area contributed by atoms with Gasteiger partial charge in [-0.15, -0.1) is 0 Å². The molecule has 0 bridgehead atoms. The fourth-order valence-corrected chi connectivity index (χ4v) is 2.11. The molecular formula is C18H15ClF3N3O. The van der Waals surface area contributed by atoms with Crippen molar-refractivity contribution in [1.29, 1.82) is 0 Å². The molecule has 0 atom stereocenters. The Kier molecular flexibility index (Phi) is 6.80. The number of hydrazone groups is 1. The monoisotopic (exact) mass is 381 g/mol. The Morgan fingerprint density at radius 1 is 1.12 bits per heavy atom. The molecule has 2 N–H and O–H groups in total. The lowest BCUT2D eigenvalue weighted by Gasteiger charge is -2.09. The molecule has 4 nitrogen and oxygen atoms in total. The number of halogens is 4. The zero-order chi connectivity index (χ0) is 19.0. The second-order valence-corrected chi connectivity index (χ2v) is 5.60. The summed E-state index contributed by atoms with van der Waals surface area (Å²) in [6.45, 7) is -0.237. The maximum Gasteiger partial charge on any atom is 0.416 e. The first-order chi connectivity index (χ1) is 12.3. The Morgan fingerprint density at radius 2 is 1.85 bits per heavy atom. The van der Waals surface area contributed by atoms with Gasteiger partial charge in [-0.25, -0.2) is 5.43 Å². The molecule has 0 fully saturated rings. The van der Waals surface area contributed by atoms with Crippen molar-refractivity contribution in [3.8, 4) is 0 Å². The van der Waals surface area contributed by atoms with Crippen molar-refractivity contribution >= 4 is 35.5 Å². The van der Waals surface area contributed by atoms with Crippen LogP contribution in [-0.4, -0.2) is 18.7 Å². The predicted molar refractivity (Wildman–Crippen MR) is 96.8 cm³/mol. The van der Waals surface area contributed by atoms with Gasteiger partial charge in [-0.3, -0.25) is 4.79 Å². The van der Waals surface area contributed by atoms with Gasteiger partial charge in [0, 0.05) is 5.69 Å². The van der Waals surface area contributed by atoms with Crippen LogP contribution in [0.3, 0.4) is 0 Å². The van der Waals surface area contributed by atoms with Crippen LogP contribution in [0.2, 0.25) is 0 Å². The molecule has 0 radical (unpaired) electrons. The van der Waals surface area contributed by atoms with Crippen molar-refractivity contribution in [2.75, 3.05) is 11.9 Å². The molecule has 26 heavy (non-hydrogen) atoms. The van der Waals surface area contributed by atoms with Gasteiger partial charge < -0.3 is 5.32 Å². The van der Waals surface area contributed by atoms with E-state index in [1.54, 1.807) is 6.08 Å². The number of alkyl halides is 3. The molecule has 0 aromatic heterocycles. The molecule has 136 valence electrons. The molecule has 0 aliphatic carbocycles. The summed E-state index contributed by atoms with van der Waals surface area (Å²) in [5, 5.41) is 6.60. The van der Waals surface area contributed by atoms with Crippen LogP contribution in [-0.2, 0) is 11.0 Å². The second-order valence-electron chi connectivity index (χ2n) is 5.17. The van der Waals surface area contributed by atoms with Gasteiger partial charge in [-0.2, -0.15) is 18.3 Å². The van der Waals surface area contributed by atoms with Gasteiger partial charge in [-0.05, 0) is 29.8 Å². The molecule has 1 amide bonds. The Bertz CT molecular complexity index is 805. The fraction of sp³-hybridized carbons (Fsp3) is 0.111. The third-order valence-corrected chi connectivity index (χ3v) is 3.33. The van der Waals surface area contributed by atoms with Crippen molar-refractivity contribution in [2.45, 2.75) is 6.18 Å². The van der Waals surface area contributed by atoms with Crippen LogP contribution in [0.4, 0.5) is 18.9 Å². The standard InChI is InChI=1S/C18H15ClF3N3O/c19-15(9-13-5-2-1-3-6-13)11-24-25-17(26)12-23-16-8-4-7-14(10-16)18(20,21)22/h1-11,23H,12H2,(H,25,26)/b15-9-,24-11+. The number of hydrogen-bond acceptors (Lipinski definition) is 3. The Balaban J connectivity index is 1.83. The topological polar surface area (TPSA) is 53.5 Å². The summed E-state index contributed by atoms with van der Waals surface area (Å²) < 4.78 is 37.9. The SMILES string of the molecule is O=C(CNc1cccc(C(F)(F)F)c1)N/N=C/C(Cl)=C/c1ccccc1. The molecule has 2 aromatic rings. The van der Waals surface area contributed by atoms with Crippen molar-refractivity contribution in [1.82, 2.24) is 5.43 Å². The number of hydrogen-bond donors (Lipinski definition) is 2. The van der Waals surface area contributed by atoms with E-state index in [0.717, 1.165) is 17.7 Å². The first kappa shape index (κ1) is 19.5. The number of carbonyl (C=O) groups excluding carboxylic acids is 1. The minimum absolute atomic E-state index is 0.181. The lowest BCUT2D eigenvalue weighted by molar-refractivity contribution is -0.137. The van der Waals surface area contributed by atoms with Crippen LogP contribution in [0.25, 0.3) is 6.08 Å². The van der Waals surface area contributed by atoms with E-state index in [1.165, 1.54) is 18.3 Å². The van der Waals surface area contributed by atoms with E-state index >= 15 is 0 Å². The number of benzene rings is 2. The average molecular weight is 382 g/mol. The van der Waals surface area contributed by atoms with Crippen molar-refractivity contribution < 1.29 is 18.0 Å². The molecule has 2 rings (SSSR count). The molecule has 0 saturated heterocycles. The van der Waals surface area contributed by atoms with E-state index in [4.69, 9.17) is 11.6 Å². The summed E-state index contributed by atoms with van der Waals surface area (Å²) in [6, 6.07) is 13.9. The van der Waals surface area contributed by atoms with Crippen molar-refractivity contribution in [3.05, 3.63) is 70.8 Å². The normalized spacial score (nSPS) is 12.2. The van der Waals surface area contributed by atoms with Gasteiger partial charge in [0.2, 0.25) is 0 Å². The molecular weight excluding hydrogens is 367 g/mol. The highest BCUT2D eigenvalue weighted by Crippen LogP contribution is 2.30. The van der Waals surface area contributed by atoms with Gasteiger partial charge in [0.05, 0.1) is 23.4 Å². The van der Waals surface area contributed by atoms with Crippen LogP contribution >= 0.6 is 11.6 Å². The average Bonchev–Trinajstić information content (AvgIpc) is 2.60. The predicted octanol–water partition coefficient (Wildman–Crippen LogP) is 4.50. The minimum Gasteiger partial charge on any atom is -0.376 e. The Labute approximate surface area is 153 Å². The summed E-state index contributed by atoms with van der Waals surface area (Å²) in [5.74, 6) is -0.525. The number of allylic oxidation sites excluding steroid dienone is 1. The molecule has 0 heterocycles. The van der Waals surface area contributed by atoms with Crippen LogP contribution in [0, 0.1) is 0 Å². The highest BCUT2D eigenvalue weighted by Gasteiger charge is 2.30. The van der Waals surface area contributed by atoms with Gasteiger partial charge >= 0.3 is 6.18 Å². The van der Waals surface area contributed by atoms with Gasteiger partial charge in [0.1, 0.15) is 0 Å². The molecule has 0 aliphatic rings. The van der Waals surface area contributed by atoms with Crippen LogP contribution in [0.1, 0.15) is 11.1 Å². The minimum atomic E-state index is -4.44. The number of amides is 1. The number of rotatable bonds is 6. The number of anilines is 1. The molecule has 0 aliphatic heterocycles. The lowest BCUT2D eigenvalue weighted by Crippen LogP contribution is -2.25. The summed E-state index contributed by atoms with van der Waals surface area (Å²) in [5.41, 5.74) is 2.50. The van der Waals surface area contributed by atoms with E-state index in [2.05, 4.69) is 15.8 Å². The Morgan fingerprint density at radius 3 is 2.54 bits per heavy atom. The first-order valence-corrected chi connectivity index (χ1v) is 7.88. The van der Waals surface area contributed by atoms with Gasteiger partial charge in [0.25, 0.3) is 5.91 Å². The smallest absolute Gasteiger partial charge is 0.376 e. The maximum atomic E-state index is 12.6. The molecule has 2 aromatic carbocycles. The Hall–Kier alpha value is -2.80. The molecule has 0 unspecified atom stereocenters. The molecule has 8 heteroatoms. The molecule has 0 saturated carbocycles. The van der Waals surface area contributed by atoms with E-state index in [9.17, 15) is 18.0 Å².